The van der Waals surface area contributed by atoms with Crippen LogP contribution in [0.3, 0.4) is 0 Å². The van der Waals surface area contributed by atoms with Crippen molar-refractivity contribution in [2.24, 2.45) is 0 Å². The normalized spacial score (nSPS) is 11.2. The van der Waals surface area contributed by atoms with Crippen molar-refractivity contribution in [1.82, 2.24) is 9.88 Å². The molecule has 1 heterocycles. The summed E-state index contributed by atoms with van der Waals surface area (Å²) in [5.41, 5.74) is 2.55. The number of amides is 1. The lowest BCUT2D eigenvalue weighted by molar-refractivity contribution is 0.0986. The Balaban J connectivity index is 1.89. The minimum Gasteiger partial charge on any atom is -0.494 e. The quantitative estimate of drug-likeness (QED) is 0.363. The van der Waals surface area contributed by atoms with E-state index in [1.54, 1.807) is 12.0 Å². The Morgan fingerprint density at radius 2 is 1.81 bits per heavy atom. The highest BCUT2D eigenvalue weighted by Gasteiger charge is 2.23. The maximum atomic E-state index is 13.5. The summed E-state index contributed by atoms with van der Waals surface area (Å²) >= 11 is 1.54. The number of benzene rings is 2. The molecule has 0 N–H and O–H groups in total. The Morgan fingerprint density at radius 3 is 2.47 bits per heavy atom. The van der Waals surface area contributed by atoms with Crippen LogP contribution in [-0.4, -0.2) is 56.7 Å². The molecule has 0 aliphatic carbocycles. The zero-order chi connectivity index (χ0) is 23.1. The summed E-state index contributed by atoms with van der Waals surface area (Å²) in [6.07, 6.45) is 2.95. The molecule has 0 atom stereocenters. The first-order chi connectivity index (χ1) is 15.4. The lowest BCUT2D eigenvalue weighted by Crippen LogP contribution is -2.33. The van der Waals surface area contributed by atoms with E-state index in [0.717, 1.165) is 53.1 Å². The minimum absolute atomic E-state index is 0.0560. The molecule has 0 aliphatic rings. The van der Waals surface area contributed by atoms with Gasteiger partial charge in [-0.3, -0.25) is 9.69 Å². The van der Waals surface area contributed by atoms with Crippen LogP contribution in [0.2, 0.25) is 0 Å². The van der Waals surface area contributed by atoms with Crippen LogP contribution in [0.15, 0.2) is 36.4 Å². The molecule has 0 radical (unpaired) electrons. The first-order valence-corrected chi connectivity index (χ1v) is 11.9. The number of aryl methyl sites for hydroxylation is 1. The van der Waals surface area contributed by atoms with Gasteiger partial charge in [-0.1, -0.05) is 30.7 Å². The number of unbranched alkanes of at least 4 members (excludes halogenated alkanes) is 1. The third-order valence-corrected chi connectivity index (χ3v) is 6.46. The lowest BCUT2D eigenvalue weighted by Gasteiger charge is -2.21. The number of rotatable bonds is 11. The number of hydrogen-bond acceptors (Lipinski definition) is 6. The largest absolute Gasteiger partial charge is 0.494 e. The highest BCUT2D eigenvalue weighted by Crippen LogP contribution is 2.37. The summed E-state index contributed by atoms with van der Waals surface area (Å²) < 4.78 is 12.3. The van der Waals surface area contributed by atoms with Crippen molar-refractivity contribution in [3.05, 3.63) is 47.5 Å². The molecule has 0 unspecified atom stereocenters. The van der Waals surface area contributed by atoms with E-state index in [9.17, 15) is 4.79 Å². The number of fused-ring (bicyclic) bond motifs is 1. The Kier molecular flexibility index (Phi) is 8.47. The van der Waals surface area contributed by atoms with Crippen molar-refractivity contribution in [3.63, 3.8) is 0 Å². The van der Waals surface area contributed by atoms with Crippen LogP contribution in [0, 0.1) is 6.92 Å². The van der Waals surface area contributed by atoms with Crippen molar-refractivity contribution in [2.45, 2.75) is 33.1 Å². The van der Waals surface area contributed by atoms with E-state index >= 15 is 0 Å². The van der Waals surface area contributed by atoms with Gasteiger partial charge in [-0.25, -0.2) is 4.98 Å². The van der Waals surface area contributed by atoms with Gasteiger partial charge in [0.15, 0.2) is 5.13 Å². The van der Waals surface area contributed by atoms with Gasteiger partial charge in [0.05, 0.1) is 18.4 Å². The number of nitrogens with zero attached hydrogens (tertiary/aromatic N) is 3. The SMILES string of the molecule is CCCCOc1ccc(C(=O)N(CCCN(C)C)c2nc3c(OC)ccc(C)c3s2)cc1. The van der Waals surface area contributed by atoms with E-state index in [1.807, 2.05) is 50.5 Å². The zero-order valence-electron chi connectivity index (χ0n) is 19.7. The predicted octanol–water partition coefficient (Wildman–Crippen LogP) is 5.39. The Bertz CT molecular complexity index is 1030. The van der Waals surface area contributed by atoms with E-state index in [0.29, 0.717) is 23.8 Å². The van der Waals surface area contributed by atoms with Crippen molar-refractivity contribution >= 4 is 32.6 Å². The number of aromatic nitrogens is 1. The van der Waals surface area contributed by atoms with Crippen molar-refractivity contribution in [3.8, 4) is 11.5 Å². The van der Waals surface area contributed by atoms with Gasteiger partial charge in [-0.2, -0.15) is 0 Å². The predicted molar refractivity (Wildman–Crippen MR) is 133 cm³/mol. The maximum absolute atomic E-state index is 13.5. The molecule has 3 aromatic rings. The molecule has 172 valence electrons. The van der Waals surface area contributed by atoms with Gasteiger partial charge in [-0.15, -0.1) is 0 Å². The van der Waals surface area contributed by atoms with Crippen molar-refractivity contribution in [2.75, 3.05) is 45.8 Å². The summed E-state index contributed by atoms with van der Waals surface area (Å²) in [6.45, 7) is 6.36. The Hall–Kier alpha value is -2.64. The van der Waals surface area contributed by atoms with Gasteiger partial charge >= 0.3 is 0 Å². The number of methoxy groups -OCH3 is 1. The fourth-order valence-corrected chi connectivity index (χ4v) is 4.47. The fourth-order valence-electron chi connectivity index (χ4n) is 3.39. The van der Waals surface area contributed by atoms with Gasteiger partial charge in [0.2, 0.25) is 0 Å². The molecular formula is C25H33N3O3S. The fraction of sp³-hybridized carbons (Fsp3) is 0.440. The minimum atomic E-state index is -0.0560. The third-order valence-electron chi connectivity index (χ3n) is 5.24. The van der Waals surface area contributed by atoms with Crippen LogP contribution in [-0.2, 0) is 0 Å². The first-order valence-electron chi connectivity index (χ1n) is 11.1. The molecule has 0 bridgehead atoms. The lowest BCUT2D eigenvalue weighted by atomic mass is 10.2. The highest BCUT2D eigenvalue weighted by atomic mass is 32.1. The van der Waals surface area contributed by atoms with E-state index in [2.05, 4.69) is 18.7 Å². The van der Waals surface area contributed by atoms with Crippen LogP contribution in [0.1, 0.15) is 42.1 Å². The van der Waals surface area contributed by atoms with E-state index in [-0.39, 0.29) is 5.91 Å². The summed E-state index contributed by atoms with van der Waals surface area (Å²) in [5.74, 6) is 1.46. The van der Waals surface area contributed by atoms with Crippen LogP contribution < -0.4 is 14.4 Å². The second-order valence-corrected chi connectivity index (χ2v) is 9.08. The van der Waals surface area contributed by atoms with Gasteiger partial charge in [0, 0.05) is 12.1 Å². The molecule has 0 fully saturated rings. The third kappa shape index (κ3) is 5.78. The van der Waals surface area contributed by atoms with Gasteiger partial charge in [-0.05, 0) is 76.3 Å². The number of thiazole rings is 1. The van der Waals surface area contributed by atoms with Gasteiger partial charge < -0.3 is 14.4 Å². The number of ether oxygens (including phenoxy) is 2. The molecule has 3 rings (SSSR count). The second-order valence-electron chi connectivity index (χ2n) is 8.10. The number of carbonyl (C=O) groups excluding carboxylic acids is 1. The van der Waals surface area contributed by atoms with Gasteiger partial charge in [0.1, 0.15) is 17.0 Å². The summed E-state index contributed by atoms with van der Waals surface area (Å²) in [5, 5.41) is 0.694. The number of hydrogen-bond donors (Lipinski definition) is 0. The topological polar surface area (TPSA) is 54.9 Å². The average Bonchev–Trinajstić information content (AvgIpc) is 3.23. The molecule has 0 aliphatic heterocycles. The van der Waals surface area contributed by atoms with Crippen LogP contribution in [0.5, 0.6) is 11.5 Å². The zero-order valence-corrected chi connectivity index (χ0v) is 20.5. The first kappa shape index (κ1) is 24.0. The van der Waals surface area contributed by atoms with E-state index < -0.39 is 0 Å². The van der Waals surface area contributed by atoms with Crippen molar-refractivity contribution in [1.29, 1.82) is 0 Å². The molecule has 6 nitrogen and oxygen atoms in total. The molecule has 1 aromatic heterocycles. The standard InChI is InChI=1S/C25H33N3O3S/c1-6-7-17-31-20-12-10-19(11-13-20)24(29)28(16-8-15-27(3)4)25-26-22-21(30-5)14-9-18(2)23(22)32-25/h9-14H,6-8,15-17H2,1-5H3. The Morgan fingerprint density at radius 1 is 1.06 bits per heavy atom. The number of carbonyl (C=O) groups is 1. The molecule has 2 aromatic carbocycles. The number of anilines is 1. The highest BCUT2D eigenvalue weighted by molar-refractivity contribution is 7.22. The van der Waals surface area contributed by atoms with E-state index in [1.165, 1.54) is 11.3 Å². The Labute approximate surface area is 194 Å². The average molecular weight is 456 g/mol. The smallest absolute Gasteiger partial charge is 0.260 e. The molecule has 7 heteroatoms. The van der Waals surface area contributed by atoms with Crippen LogP contribution in [0.25, 0.3) is 10.2 Å². The summed E-state index contributed by atoms with van der Waals surface area (Å²) in [4.78, 5) is 22.2. The molecule has 0 spiro atoms. The molecule has 1 amide bonds. The monoisotopic (exact) mass is 455 g/mol. The maximum Gasteiger partial charge on any atom is 0.260 e. The van der Waals surface area contributed by atoms with E-state index in [4.69, 9.17) is 14.5 Å². The van der Waals surface area contributed by atoms with Crippen LogP contribution in [0.4, 0.5) is 5.13 Å². The summed E-state index contributed by atoms with van der Waals surface area (Å²) in [7, 11) is 5.72. The second kappa shape index (κ2) is 11.3. The molecule has 0 saturated heterocycles. The molecule has 0 saturated carbocycles. The molecular weight excluding hydrogens is 422 g/mol. The van der Waals surface area contributed by atoms with Crippen molar-refractivity contribution < 1.29 is 14.3 Å². The summed E-state index contributed by atoms with van der Waals surface area (Å²) in [6, 6.07) is 11.4. The van der Waals surface area contributed by atoms with Gasteiger partial charge in [0.25, 0.3) is 5.91 Å². The molecule has 32 heavy (non-hydrogen) atoms. The van der Waals surface area contributed by atoms with Crippen LogP contribution >= 0.6 is 11.3 Å².